The number of nitrogens with zero attached hydrogens (tertiary/aromatic N) is 1. The highest BCUT2D eigenvalue weighted by Gasteiger charge is 2.16. The van der Waals surface area contributed by atoms with E-state index in [1.807, 2.05) is 34.9 Å². The fourth-order valence-electron chi connectivity index (χ4n) is 1.61. The zero-order valence-electron chi connectivity index (χ0n) is 8.39. The van der Waals surface area contributed by atoms with Crippen LogP contribution in [0.1, 0.15) is 12.8 Å². The summed E-state index contributed by atoms with van der Waals surface area (Å²) in [5.74, 6) is -0.330. The predicted molar refractivity (Wildman–Crippen MR) is 58.9 cm³/mol. The van der Waals surface area contributed by atoms with Crippen LogP contribution in [-0.4, -0.2) is 16.7 Å². The summed E-state index contributed by atoms with van der Waals surface area (Å²) >= 11 is 0. The normalized spacial score (nSPS) is 15.5. The van der Waals surface area contributed by atoms with Crippen molar-refractivity contribution in [1.29, 1.82) is 0 Å². The molecule has 1 heterocycles. The fraction of sp³-hybridized carbons (Fsp3) is 0.167. The number of nitrogens with two attached hydrogens (primary N) is 1. The molecule has 0 aromatic heterocycles. The van der Waals surface area contributed by atoms with Crippen LogP contribution in [0.3, 0.4) is 0 Å². The lowest BCUT2D eigenvalue weighted by Crippen LogP contribution is -2.18. The van der Waals surface area contributed by atoms with Gasteiger partial charge in [-0.2, -0.15) is 4.58 Å². The van der Waals surface area contributed by atoms with Crippen molar-refractivity contribution in [3.8, 4) is 0 Å². The summed E-state index contributed by atoms with van der Waals surface area (Å²) in [5.41, 5.74) is 6.99. The van der Waals surface area contributed by atoms with Crippen LogP contribution in [0.15, 0.2) is 42.1 Å². The number of primary amides is 1. The van der Waals surface area contributed by atoms with Crippen LogP contribution in [-0.2, 0) is 4.79 Å². The van der Waals surface area contributed by atoms with Crippen molar-refractivity contribution < 1.29 is 9.37 Å². The topological polar surface area (TPSA) is 46.1 Å². The second-order valence-corrected chi connectivity index (χ2v) is 3.48. The quantitative estimate of drug-likeness (QED) is 0.725. The third-order valence-corrected chi connectivity index (χ3v) is 2.41. The van der Waals surface area contributed by atoms with E-state index in [0.29, 0.717) is 5.57 Å². The molecule has 0 aliphatic carbocycles. The standard InChI is InChI=1S/C12H12N2O/c13-12(15)10-5-4-8-14(9-10)11-6-2-1-3-7-11/h1-3,6-9H,4-5H2,(H-,13,15)/p+1. The Labute approximate surface area is 88.5 Å². The molecule has 0 saturated heterocycles. The Morgan fingerprint density at radius 3 is 2.67 bits per heavy atom. The van der Waals surface area contributed by atoms with Crippen molar-refractivity contribution in [2.45, 2.75) is 12.8 Å². The maximum Gasteiger partial charge on any atom is 0.250 e. The summed E-state index contributed by atoms with van der Waals surface area (Å²) in [4.78, 5) is 11.0. The maximum atomic E-state index is 11.0. The Balaban J connectivity index is 2.32. The summed E-state index contributed by atoms with van der Waals surface area (Å²) < 4.78 is 1.95. The minimum absolute atomic E-state index is 0.330. The first-order chi connectivity index (χ1) is 7.27. The van der Waals surface area contributed by atoms with Crippen molar-refractivity contribution in [3.63, 3.8) is 0 Å². The summed E-state index contributed by atoms with van der Waals surface area (Å²) in [6.45, 7) is 0. The molecule has 2 N–H and O–H groups in total. The number of amides is 1. The number of carbonyl (C=O) groups is 1. The van der Waals surface area contributed by atoms with Gasteiger partial charge in [0.05, 0.1) is 5.57 Å². The smallest absolute Gasteiger partial charge is 0.250 e. The van der Waals surface area contributed by atoms with Gasteiger partial charge in [0.15, 0.2) is 12.4 Å². The highest BCUT2D eigenvalue weighted by molar-refractivity contribution is 5.92. The Morgan fingerprint density at radius 2 is 2.00 bits per heavy atom. The van der Waals surface area contributed by atoms with E-state index in [1.165, 1.54) is 0 Å². The van der Waals surface area contributed by atoms with Crippen LogP contribution in [0.4, 0.5) is 5.69 Å². The van der Waals surface area contributed by atoms with Gasteiger partial charge in [0.1, 0.15) is 0 Å². The minimum Gasteiger partial charge on any atom is -0.366 e. The van der Waals surface area contributed by atoms with Gasteiger partial charge < -0.3 is 5.73 Å². The van der Waals surface area contributed by atoms with Gasteiger partial charge in [0, 0.05) is 18.6 Å². The van der Waals surface area contributed by atoms with Crippen molar-refractivity contribution in [2.24, 2.45) is 5.73 Å². The maximum absolute atomic E-state index is 11.0. The molecule has 3 heteroatoms. The van der Waals surface area contributed by atoms with Crippen LogP contribution in [0.5, 0.6) is 0 Å². The molecular weight excluding hydrogens is 188 g/mol. The summed E-state index contributed by atoms with van der Waals surface area (Å²) in [6.07, 6.45) is 5.45. The van der Waals surface area contributed by atoms with Crippen molar-refractivity contribution in [1.82, 2.24) is 0 Å². The molecule has 0 spiro atoms. The van der Waals surface area contributed by atoms with Gasteiger partial charge in [-0.05, 0) is 6.42 Å². The number of rotatable bonds is 2. The van der Waals surface area contributed by atoms with E-state index < -0.39 is 0 Å². The monoisotopic (exact) mass is 201 g/mol. The molecule has 15 heavy (non-hydrogen) atoms. The van der Waals surface area contributed by atoms with Crippen molar-refractivity contribution in [2.75, 3.05) is 0 Å². The van der Waals surface area contributed by atoms with Gasteiger partial charge in [-0.1, -0.05) is 18.2 Å². The van der Waals surface area contributed by atoms with Crippen LogP contribution in [0.2, 0.25) is 0 Å². The largest absolute Gasteiger partial charge is 0.366 e. The Hall–Kier alpha value is -1.90. The second kappa shape index (κ2) is 4.09. The van der Waals surface area contributed by atoms with E-state index in [0.717, 1.165) is 18.5 Å². The van der Waals surface area contributed by atoms with Gasteiger partial charge in [-0.3, -0.25) is 4.79 Å². The molecule has 76 valence electrons. The molecule has 0 fully saturated rings. The molecule has 0 saturated carbocycles. The molecule has 0 radical (unpaired) electrons. The number of carbonyl (C=O) groups excluding carboxylic acids is 1. The van der Waals surface area contributed by atoms with E-state index >= 15 is 0 Å². The molecule has 0 atom stereocenters. The highest BCUT2D eigenvalue weighted by Crippen LogP contribution is 2.16. The second-order valence-electron chi connectivity index (χ2n) is 3.48. The Bertz CT molecular complexity index is 432. The van der Waals surface area contributed by atoms with Gasteiger partial charge in [0.2, 0.25) is 5.69 Å². The van der Waals surface area contributed by atoms with Crippen LogP contribution >= 0.6 is 0 Å². The summed E-state index contributed by atoms with van der Waals surface area (Å²) in [7, 11) is 0. The van der Waals surface area contributed by atoms with Gasteiger partial charge in [-0.25, -0.2) is 0 Å². The lowest BCUT2D eigenvalue weighted by molar-refractivity contribution is -0.359. The number of para-hydroxylation sites is 1. The van der Waals surface area contributed by atoms with Crippen LogP contribution < -0.4 is 5.73 Å². The molecule has 1 aromatic rings. The molecule has 2 rings (SSSR count). The molecule has 1 aromatic carbocycles. The average molecular weight is 201 g/mol. The Kier molecular flexibility index (Phi) is 2.63. The molecule has 0 unspecified atom stereocenters. The first kappa shape index (κ1) is 9.65. The summed E-state index contributed by atoms with van der Waals surface area (Å²) in [5, 5.41) is 0. The average Bonchev–Trinajstić information content (AvgIpc) is 2.30. The van der Waals surface area contributed by atoms with E-state index in [1.54, 1.807) is 6.20 Å². The third kappa shape index (κ3) is 2.13. The van der Waals surface area contributed by atoms with Gasteiger partial charge in [-0.15, -0.1) is 0 Å². The lowest BCUT2D eigenvalue weighted by Gasteiger charge is -2.05. The molecule has 0 bridgehead atoms. The molecule has 3 nitrogen and oxygen atoms in total. The van der Waals surface area contributed by atoms with Crippen molar-refractivity contribution >= 4 is 17.8 Å². The van der Waals surface area contributed by atoms with Gasteiger partial charge >= 0.3 is 0 Å². The zero-order chi connectivity index (χ0) is 10.7. The van der Waals surface area contributed by atoms with Crippen LogP contribution in [0.25, 0.3) is 0 Å². The van der Waals surface area contributed by atoms with Crippen LogP contribution in [0, 0.1) is 0 Å². The molecular formula is C12H13N2O+. The summed E-state index contributed by atoms with van der Waals surface area (Å²) in [6, 6.07) is 9.89. The molecule has 1 aliphatic heterocycles. The third-order valence-electron chi connectivity index (χ3n) is 2.41. The van der Waals surface area contributed by atoms with Gasteiger partial charge in [0.25, 0.3) is 5.91 Å². The molecule has 1 aliphatic rings. The van der Waals surface area contributed by atoms with E-state index in [2.05, 4.69) is 6.21 Å². The van der Waals surface area contributed by atoms with E-state index in [9.17, 15) is 4.79 Å². The van der Waals surface area contributed by atoms with Crippen molar-refractivity contribution in [3.05, 3.63) is 42.1 Å². The first-order valence-corrected chi connectivity index (χ1v) is 4.94. The predicted octanol–water partition coefficient (Wildman–Crippen LogP) is 1.56. The SMILES string of the molecule is NC(=O)C1=C[N+](c2ccccc2)=CCC1. The zero-order valence-corrected chi connectivity index (χ0v) is 8.39. The van der Waals surface area contributed by atoms with E-state index in [-0.39, 0.29) is 5.91 Å². The fourth-order valence-corrected chi connectivity index (χ4v) is 1.61. The number of hydrogen-bond acceptors (Lipinski definition) is 1. The highest BCUT2D eigenvalue weighted by atomic mass is 16.1. The first-order valence-electron chi connectivity index (χ1n) is 4.94. The number of benzene rings is 1. The minimum atomic E-state index is -0.330. The Morgan fingerprint density at radius 1 is 1.27 bits per heavy atom. The molecule has 1 amide bonds. The number of hydrogen-bond donors (Lipinski definition) is 1. The van der Waals surface area contributed by atoms with E-state index in [4.69, 9.17) is 5.73 Å². The lowest BCUT2D eigenvalue weighted by atomic mass is 10.1.